The fraction of sp³-hybridized carbons (Fsp3) is 0.417. The van der Waals surface area contributed by atoms with Gasteiger partial charge >= 0.3 is 0 Å². The molecular formula is C12H13BN4O3. The van der Waals surface area contributed by atoms with Gasteiger partial charge in [0.1, 0.15) is 18.5 Å². The third-order valence-corrected chi connectivity index (χ3v) is 3.42. The van der Waals surface area contributed by atoms with Crippen LogP contribution in [0.1, 0.15) is 18.2 Å². The van der Waals surface area contributed by atoms with E-state index in [0.29, 0.717) is 24.2 Å². The topological polar surface area (TPSA) is 91.7 Å². The Hall–Kier alpha value is -2.09. The highest BCUT2D eigenvalue weighted by Crippen LogP contribution is 2.40. The molecule has 3 atom stereocenters. The molecule has 1 saturated heterocycles. The van der Waals surface area contributed by atoms with Crippen molar-refractivity contribution in [2.24, 2.45) is 0 Å². The zero-order chi connectivity index (χ0) is 14.1. The molecule has 0 spiro atoms. The number of nitrogen functional groups attached to an aromatic ring is 1. The Morgan fingerprint density at radius 3 is 3.25 bits per heavy atom. The molecule has 0 saturated carbocycles. The Morgan fingerprint density at radius 2 is 2.45 bits per heavy atom. The second-order valence-corrected chi connectivity index (χ2v) is 4.71. The second-order valence-electron chi connectivity index (χ2n) is 4.71. The van der Waals surface area contributed by atoms with Gasteiger partial charge in [-0.2, -0.15) is 5.10 Å². The minimum Gasteiger partial charge on any atom is -0.465 e. The van der Waals surface area contributed by atoms with Crippen molar-refractivity contribution in [3.8, 4) is 0 Å². The Kier molecular flexibility index (Phi) is 3.31. The minimum absolute atomic E-state index is 0.190. The quantitative estimate of drug-likeness (QED) is 0.634. The van der Waals surface area contributed by atoms with E-state index in [9.17, 15) is 4.79 Å². The normalized spacial score (nSPS) is 25.9. The summed E-state index contributed by atoms with van der Waals surface area (Å²) in [5.74, 6) is 0.211. The molecule has 0 aromatic carbocycles. The van der Waals surface area contributed by atoms with Gasteiger partial charge in [-0.05, 0) is 24.4 Å². The molecule has 2 radical (unpaired) electrons. The van der Waals surface area contributed by atoms with Crippen LogP contribution >= 0.6 is 0 Å². The zero-order valence-corrected chi connectivity index (χ0v) is 10.7. The summed E-state index contributed by atoms with van der Waals surface area (Å²) >= 11 is 0. The van der Waals surface area contributed by atoms with Crippen molar-refractivity contribution in [3.05, 3.63) is 24.2 Å². The highest BCUT2D eigenvalue weighted by molar-refractivity contribution is 6.12. The molecule has 2 N–H and O–H groups in total. The van der Waals surface area contributed by atoms with E-state index in [2.05, 4.69) is 10.1 Å². The summed E-state index contributed by atoms with van der Waals surface area (Å²) in [5, 5.41) is 4.17. The largest absolute Gasteiger partial charge is 0.465 e. The summed E-state index contributed by atoms with van der Waals surface area (Å²) in [6, 6.07) is 3.70. The standard InChI is InChI=1S/C12H13BN4O3/c13-8-3-7(4-19-6-18)20-11(8)9-1-2-10-12(14)15-5-16-17(9)10/h1-2,5-8,11H,3-4H2,(H2,14,15,16)/t7?,8?,11-/m1/s1. The van der Waals surface area contributed by atoms with Crippen LogP contribution in [0.3, 0.4) is 0 Å². The van der Waals surface area contributed by atoms with E-state index in [1.54, 1.807) is 4.52 Å². The zero-order valence-electron chi connectivity index (χ0n) is 10.7. The number of aromatic nitrogens is 3. The van der Waals surface area contributed by atoms with Crippen molar-refractivity contribution in [3.63, 3.8) is 0 Å². The Bertz CT molecular complexity index is 632. The summed E-state index contributed by atoms with van der Waals surface area (Å²) in [6.07, 6.45) is 1.49. The number of rotatable bonds is 4. The monoisotopic (exact) mass is 272 g/mol. The number of anilines is 1. The Morgan fingerprint density at radius 1 is 1.60 bits per heavy atom. The molecule has 7 nitrogen and oxygen atoms in total. The first-order valence-corrected chi connectivity index (χ1v) is 6.25. The van der Waals surface area contributed by atoms with Crippen LogP contribution in [0.4, 0.5) is 5.82 Å². The maximum Gasteiger partial charge on any atom is 0.293 e. The number of hydrogen-bond donors (Lipinski definition) is 1. The van der Waals surface area contributed by atoms with E-state index in [-0.39, 0.29) is 24.6 Å². The fourth-order valence-electron chi connectivity index (χ4n) is 2.52. The van der Waals surface area contributed by atoms with Gasteiger partial charge in [-0.3, -0.25) is 4.79 Å². The third kappa shape index (κ3) is 2.11. The van der Waals surface area contributed by atoms with Crippen LogP contribution in [0.15, 0.2) is 18.5 Å². The van der Waals surface area contributed by atoms with Gasteiger partial charge in [0.15, 0.2) is 5.82 Å². The van der Waals surface area contributed by atoms with Crippen LogP contribution in [0.5, 0.6) is 0 Å². The maximum absolute atomic E-state index is 10.2. The summed E-state index contributed by atoms with van der Waals surface area (Å²) < 4.78 is 12.2. The van der Waals surface area contributed by atoms with Crippen molar-refractivity contribution in [1.82, 2.24) is 14.6 Å². The molecule has 0 aliphatic carbocycles. The van der Waals surface area contributed by atoms with Crippen LogP contribution in [-0.4, -0.2) is 41.6 Å². The summed E-state index contributed by atoms with van der Waals surface area (Å²) in [7, 11) is 6.10. The number of fused-ring (bicyclic) bond motifs is 1. The molecule has 0 bridgehead atoms. The number of carbonyl (C=O) groups is 1. The lowest BCUT2D eigenvalue weighted by Gasteiger charge is -2.15. The van der Waals surface area contributed by atoms with Gasteiger partial charge in [0.25, 0.3) is 6.47 Å². The number of ether oxygens (including phenoxy) is 2. The van der Waals surface area contributed by atoms with Crippen LogP contribution in [-0.2, 0) is 14.3 Å². The minimum atomic E-state index is -0.313. The lowest BCUT2D eigenvalue weighted by molar-refractivity contribution is -0.132. The van der Waals surface area contributed by atoms with Gasteiger partial charge in [0.05, 0.1) is 25.7 Å². The van der Waals surface area contributed by atoms with Crippen molar-refractivity contribution >= 4 is 25.7 Å². The van der Waals surface area contributed by atoms with Crippen LogP contribution < -0.4 is 5.73 Å². The molecule has 3 heterocycles. The molecule has 2 aromatic rings. The van der Waals surface area contributed by atoms with Gasteiger partial charge in [-0.15, -0.1) is 0 Å². The summed E-state index contributed by atoms with van der Waals surface area (Å²) in [4.78, 5) is 14.2. The average molecular weight is 272 g/mol. The van der Waals surface area contributed by atoms with E-state index in [1.165, 1.54) is 6.33 Å². The smallest absolute Gasteiger partial charge is 0.293 e. The van der Waals surface area contributed by atoms with Gasteiger partial charge in [-0.25, -0.2) is 9.50 Å². The van der Waals surface area contributed by atoms with E-state index < -0.39 is 0 Å². The molecule has 8 heteroatoms. The van der Waals surface area contributed by atoms with Crippen LogP contribution in [0, 0.1) is 0 Å². The summed E-state index contributed by atoms with van der Waals surface area (Å²) in [5.41, 5.74) is 7.32. The van der Waals surface area contributed by atoms with E-state index >= 15 is 0 Å². The molecule has 0 amide bonds. The number of nitrogens with zero attached hydrogens (tertiary/aromatic N) is 3. The predicted octanol–water partition coefficient (Wildman–Crippen LogP) is 0.271. The number of nitrogens with two attached hydrogens (primary N) is 1. The summed E-state index contributed by atoms with van der Waals surface area (Å²) in [6.45, 7) is 0.608. The number of carbonyl (C=O) groups excluding carboxylic acids is 1. The first-order valence-electron chi connectivity index (χ1n) is 6.25. The van der Waals surface area contributed by atoms with Gasteiger partial charge in [0.2, 0.25) is 0 Å². The molecule has 102 valence electrons. The lowest BCUT2D eigenvalue weighted by atomic mass is 9.79. The molecular weight excluding hydrogens is 259 g/mol. The van der Waals surface area contributed by atoms with Gasteiger partial charge in [-0.1, -0.05) is 0 Å². The number of hydrogen-bond acceptors (Lipinski definition) is 6. The van der Waals surface area contributed by atoms with Crippen molar-refractivity contribution in [2.75, 3.05) is 12.3 Å². The molecule has 3 rings (SSSR count). The average Bonchev–Trinajstić information content (AvgIpc) is 3.01. The second kappa shape index (κ2) is 5.12. The molecule has 20 heavy (non-hydrogen) atoms. The molecule has 2 unspecified atom stereocenters. The van der Waals surface area contributed by atoms with Crippen molar-refractivity contribution in [2.45, 2.75) is 24.4 Å². The molecule has 1 aliphatic rings. The Labute approximate surface area is 116 Å². The third-order valence-electron chi connectivity index (χ3n) is 3.42. The highest BCUT2D eigenvalue weighted by Gasteiger charge is 2.35. The maximum atomic E-state index is 10.2. The van der Waals surface area contributed by atoms with Gasteiger partial charge in [0, 0.05) is 0 Å². The SMILES string of the molecule is [B]C1CC(COC=O)O[C@H]1c1ccc2c(N)ncnn12. The first kappa shape index (κ1) is 12.9. The van der Waals surface area contributed by atoms with E-state index in [0.717, 1.165) is 5.69 Å². The fourth-order valence-corrected chi connectivity index (χ4v) is 2.52. The van der Waals surface area contributed by atoms with E-state index in [4.69, 9.17) is 23.1 Å². The van der Waals surface area contributed by atoms with Crippen LogP contribution in [0.25, 0.3) is 5.52 Å². The van der Waals surface area contributed by atoms with Crippen LogP contribution in [0.2, 0.25) is 5.82 Å². The lowest BCUT2D eigenvalue weighted by Crippen LogP contribution is -2.15. The molecule has 2 aromatic heterocycles. The Balaban J connectivity index is 1.88. The highest BCUT2D eigenvalue weighted by atomic mass is 16.6. The molecule has 1 aliphatic heterocycles. The van der Waals surface area contributed by atoms with Gasteiger partial charge < -0.3 is 15.2 Å². The first-order chi connectivity index (χ1) is 9.70. The predicted molar refractivity (Wildman–Crippen MR) is 71.2 cm³/mol. The molecule has 1 fully saturated rings. The van der Waals surface area contributed by atoms with Crippen molar-refractivity contribution in [1.29, 1.82) is 0 Å². The van der Waals surface area contributed by atoms with E-state index in [1.807, 2.05) is 12.1 Å². The van der Waals surface area contributed by atoms with Crippen molar-refractivity contribution < 1.29 is 14.3 Å².